The van der Waals surface area contributed by atoms with Gasteiger partial charge < -0.3 is 23.8 Å². The smallest absolute Gasteiger partial charge is 0.229 e. The van der Waals surface area contributed by atoms with Crippen LogP contribution in [0.25, 0.3) is 6.08 Å². The Morgan fingerprint density at radius 1 is 1.03 bits per heavy atom. The van der Waals surface area contributed by atoms with Gasteiger partial charge in [0.05, 0.1) is 51.2 Å². The van der Waals surface area contributed by atoms with E-state index in [1.54, 1.807) is 7.11 Å². The van der Waals surface area contributed by atoms with Gasteiger partial charge in [0.2, 0.25) is 5.91 Å². The molecule has 2 aliphatic heterocycles. The van der Waals surface area contributed by atoms with E-state index in [0.29, 0.717) is 46.1 Å². The molecule has 6 nitrogen and oxygen atoms in total. The summed E-state index contributed by atoms with van der Waals surface area (Å²) in [5.74, 6) is 0.203. The topological polar surface area (TPSA) is 57.2 Å². The van der Waals surface area contributed by atoms with E-state index in [-0.39, 0.29) is 30.0 Å². The van der Waals surface area contributed by atoms with Crippen LogP contribution in [0.1, 0.15) is 12.5 Å². The van der Waals surface area contributed by atoms with Crippen molar-refractivity contribution in [2.24, 2.45) is 11.8 Å². The fourth-order valence-corrected chi connectivity index (χ4v) is 4.06. The van der Waals surface area contributed by atoms with Crippen molar-refractivity contribution in [3.8, 4) is 0 Å². The Morgan fingerprint density at radius 2 is 1.77 bits per heavy atom. The molecule has 6 heteroatoms. The lowest BCUT2D eigenvalue weighted by atomic mass is 9.89. The highest BCUT2D eigenvalue weighted by Crippen LogP contribution is 2.40. The molecule has 2 saturated heterocycles. The van der Waals surface area contributed by atoms with E-state index >= 15 is 0 Å². The Balaban J connectivity index is 1.52. The van der Waals surface area contributed by atoms with Gasteiger partial charge in [-0.25, -0.2) is 0 Å². The number of allylic oxidation sites excluding steroid dienone is 1. The third kappa shape index (κ3) is 6.01. The monoisotopic (exact) mass is 415 g/mol. The number of likely N-dealkylation sites (tertiary alicyclic amines) is 1. The SMILES string of the molecule is C/C=C\C1OC(/C=C\c2ccccc2)[C@@H]2C(=O)N(CCOCCOCCOC)C[C@H]12. The Bertz CT molecular complexity index is 705. The summed E-state index contributed by atoms with van der Waals surface area (Å²) in [6.45, 7) is 6.01. The minimum atomic E-state index is -0.205. The molecule has 4 atom stereocenters. The molecule has 1 aromatic rings. The summed E-state index contributed by atoms with van der Waals surface area (Å²) in [6.07, 6.45) is 7.91. The first-order valence-electron chi connectivity index (χ1n) is 10.7. The lowest BCUT2D eigenvalue weighted by molar-refractivity contribution is -0.133. The molecule has 0 radical (unpaired) electrons. The van der Waals surface area contributed by atoms with E-state index in [1.807, 2.05) is 60.4 Å². The zero-order valence-corrected chi connectivity index (χ0v) is 17.9. The number of fused-ring (bicyclic) bond motifs is 1. The van der Waals surface area contributed by atoms with E-state index in [4.69, 9.17) is 18.9 Å². The molecule has 0 N–H and O–H groups in total. The van der Waals surface area contributed by atoms with Crippen molar-refractivity contribution in [3.63, 3.8) is 0 Å². The second kappa shape index (κ2) is 12.0. The van der Waals surface area contributed by atoms with Crippen LogP contribution >= 0.6 is 0 Å². The first kappa shape index (κ1) is 22.7. The summed E-state index contributed by atoms with van der Waals surface area (Å²) in [6, 6.07) is 10.1. The number of rotatable bonds is 12. The molecule has 0 saturated carbocycles. The van der Waals surface area contributed by atoms with Crippen molar-refractivity contribution < 1.29 is 23.7 Å². The maximum Gasteiger partial charge on any atom is 0.229 e. The number of carbonyl (C=O) groups is 1. The Hall–Kier alpha value is -1.99. The largest absolute Gasteiger partial charge is 0.382 e. The molecule has 0 aliphatic carbocycles. The van der Waals surface area contributed by atoms with Crippen molar-refractivity contribution in [2.45, 2.75) is 19.1 Å². The molecule has 0 bridgehead atoms. The highest BCUT2D eigenvalue weighted by atomic mass is 16.5. The van der Waals surface area contributed by atoms with E-state index < -0.39 is 0 Å². The van der Waals surface area contributed by atoms with Gasteiger partial charge in [-0.3, -0.25) is 4.79 Å². The minimum Gasteiger partial charge on any atom is -0.382 e. The van der Waals surface area contributed by atoms with Gasteiger partial charge in [0.25, 0.3) is 0 Å². The van der Waals surface area contributed by atoms with Crippen molar-refractivity contribution in [1.82, 2.24) is 4.90 Å². The summed E-state index contributed by atoms with van der Waals surface area (Å²) in [7, 11) is 1.65. The fraction of sp³-hybridized carbons (Fsp3) is 0.542. The summed E-state index contributed by atoms with van der Waals surface area (Å²) in [4.78, 5) is 15.0. The van der Waals surface area contributed by atoms with Crippen LogP contribution in [0.15, 0.2) is 48.6 Å². The number of benzene rings is 1. The standard InChI is InChI=1S/C24H33NO5/c1-3-7-21-20-18-25(12-13-28-16-17-29-15-14-27-2)24(26)23(20)22(30-21)11-10-19-8-5-4-6-9-19/h3-11,20-23H,12-18H2,1-2H3/b7-3-,11-10-/t20-,21?,22?,23-/m1/s1. The summed E-state index contributed by atoms with van der Waals surface area (Å²) >= 11 is 0. The molecule has 2 aliphatic rings. The molecule has 2 unspecified atom stereocenters. The van der Waals surface area contributed by atoms with Crippen LogP contribution in [0.4, 0.5) is 0 Å². The van der Waals surface area contributed by atoms with Gasteiger partial charge in [-0.1, -0.05) is 54.6 Å². The van der Waals surface area contributed by atoms with Gasteiger partial charge in [-0.15, -0.1) is 0 Å². The van der Waals surface area contributed by atoms with E-state index in [1.165, 1.54) is 0 Å². The summed E-state index contributed by atoms with van der Waals surface area (Å²) in [5.41, 5.74) is 1.11. The molecule has 30 heavy (non-hydrogen) atoms. The minimum absolute atomic E-state index is 0.0329. The van der Waals surface area contributed by atoms with Gasteiger partial charge in [0.15, 0.2) is 0 Å². The lowest BCUT2D eigenvalue weighted by Gasteiger charge is -2.21. The third-order valence-electron chi connectivity index (χ3n) is 5.55. The fourth-order valence-electron chi connectivity index (χ4n) is 4.06. The van der Waals surface area contributed by atoms with Crippen LogP contribution in [0.3, 0.4) is 0 Å². The quantitative estimate of drug-likeness (QED) is 0.388. The normalized spacial score (nSPS) is 26.3. The predicted molar refractivity (Wildman–Crippen MR) is 116 cm³/mol. The molecule has 3 rings (SSSR count). The number of amides is 1. The number of nitrogens with zero attached hydrogens (tertiary/aromatic N) is 1. The van der Waals surface area contributed by atoms with Crippen molar-refractivity contribution >= 4 is 12.0 Å². The average Bonchev–Trinajstić information content (AvgIpc) is 3.27. The summed E-state index contributed by atoms with van der Waals surface area (Å²) in [5, 5.41) is 0. The van der Waals surface area contributed by atoms with Crippen LogP contribution in [0.2, 0.25) is 0 Å². The zero-order valence-electron chi connectivity index (χ0n) is 17.9. The van der Waals surface area contributed by atoms with Crippen molar-refractivity contribution in [1.29, 1.82) is 0 Å². The van der Waals surface area contributed by atoms with E-state index in [0.717, 1.165) is 5.56 Å². The number of methoxy groups -OCH3 is 1. The van der Waals surface area contributed by atoms with Crippen molar-refractivity contribution in [3.05, 3.63) is 54.1 Å². The maximum absolute atomic E-state index is 13.1. The molecule has 0 spiro atoms. The molecular formula is C24H33NO5. The average molecular weight is 416 g/mol. The van der Waals surface area contributed by atoms with Gasteiger partial charge in [-0.05, 0) is 12.5 Å². The molecule has 164 valence electrons. The number of hydrogen-bond donors (Lipinski definition) is 0. The van der Waals surface area contributed by atoms with Crippen LogP contribution in [0.5, 0.6) is 0 Å². The van der Waals surface area contributed by atoms with Crippen LogP contribution in [-0.4, -0.2) is 76.2 Å². The van der Waals surface area contributed by atoms with Crippen molar-refractivity contribution in [2.75, 3.05) is 53.2 Å². The van der Waals surface area contributed by atoms with Crippen LogP contribution in [0, 0.1) is 11.8 Å². The predicted octanol–water partition coefficient (Wildman–Crippen LogP) is 2.80. The maximum atomic E-state index is 13.1. The molecule has 1 aromatic carbocycles. The highest BCUT2D eigenvalue weighted by molar-refractivity contribution is 5.83. The first-order chi connectivity index (χ1) is 14.7. The number of hydrogen-bond acceptors (Lipinski definition) is 5. The molecule has 0 aromatic heterocycles. The number of carbonyl (C=O) groups excluding carboxylic acids is 1. The molecular weight excluding hydrogens is 382 g/mol. The van der Waals surface area contributed by atoms with Gasteiger partial charge >= 0.3 is 0 Å². The first-order valence-corrected chi connectivity index (χ1v) is 10.7. The van der Waals surface area contributed by atoms with Gasteiger partial charge in [0.1, 0.15) is 0 Å². The van der Waals surface area contributed by atoms with E-state index in [9.17, 15) is 4.79 Å². The highest BCUT2D eigenvalue weighted by Gasteiger charge is 2.52. The van der Waals surface area contributed by atoms with Crippen LogP contribution < -0.4 is 0 Å². The van der Waals surface area contributed by atoms with E-state index in [2.05, 4.69) is 6.08 Å². The Morgan fingerprint density at radius 3 is 2.50 bits per heavy atom. The molecule has 1 amide bonds. The lowest BCUT2D eigenvalue weighted by Crippen LogP contribution is -2.34. The Kier molecular flexibility index (Phi) is 9.08. The molecule has 2 heterocycles. The van der Waals surface area contributed by atoms with Crippen LogP contribution in [-0.2, 0) is 23.7 Å². The van der Waals surface area contributed by atoms with Gasteiger partial charge in [0, 0.05) is 26.1 Å². The Labute approximate surface area is 179 Å². The second-order valence-electron chi connectivity index (χ2n) is 7.55. The van der Waals surface area contributed by atoms with Gasteiger partial charge in [-0.2, -0.15) is 0 Å². The molecule has 2 fully saturated rings. The summed E-state index contributed by atoms with van der Waals surface area (Å²) < 4.78 is 22.2. The second-order valence-corrected chi connectivity index (χ2v) is 7.55. The zero-order chi connectivity index (χ0) is 21.2. The number of ether oxygens (including phenoxy) is 4. The third-order valence-corrected chi connectivity index (χ3v) is 5.55.